The van der Waals surface area contributed by atoms with E-state index in [4.69, 9.17) is 11.6 Å². The van der Waals surface area contributed by atoms with Crippen molar-refractivity contribution < 1.29 is 9.59 Å². The molecule has 1 aliphatic rings. The number of nitrogens with zero attached hydrogens (tertiary/aromatic N) is 2. The van der Waals surface area contributed by atoms with E-state index < -0.39 is 0 Å². The number of carbonyl (C=O) groups excluding carboxylic acids is 2. The first-order valence-electron chi connectivity index (χ1n) is 10.4. The molecule has 0 radical (unpaired) electrons. The van der Waals surface area contributed by atoms with Gasteiger partial charge < -0.3 is 4.57 Å². The molecule has 1 saturated heterocycles. The summed E-state index contributed by atoms with van der Waals surface area (Å²) in [6.45, 7) is 10.7. The molecule has 0 saturated carbocycles. The van der Waals surface area contributed by atoms with Crippen molar-refractivity contribution in [3.05, 3.63) is 91.6 Å². The van der Waals surface area contributed by atoms with Crippen LogP contribution in [-0.2, 0) is 11.3 Å². The molecule has 2 amide bonds. The smallest absolute Gasteiger partial charge is 0.293 e. The molecular formula is C26H25ClN2O2S. The molecule has 1 aromatic heterocycles. The quantitative estimate of drug-likeness (QED) is 0.394. The first-order valence-corrected chi connectivity index (χ1v) is 11.6. The lowest BCUT2D eigenvalue weighted by atomic mass is 10.0. The number of imide groups is 1. The molecule has 32 heavy (non-hydrogen) atoms. The summed E-state index contributed by atoms with van der Waals surface area (Å²) in [6.07, 6.45) is 1.84. The number of amides is 2. The minimum Gasteiger partial charge on any atom is -0.317 e. The van der Waals surface area contributed by atoms with Crippen molar-refractivity contribution >= 4 is 40.6 Å². The summed E-state index contributed by atoms with van der Waals surface area (Å²) in [5.41, 5.74) is 8.76. The second-order valence-electron chi connectivity index (χ2n) is 8.30. The molecule has 6 heteroatoms. The maximum absolute atomic E-state index is 13.0. The first-order chi connectivity index (χ1) is 15.2. The van der Waals surface area contributed by atoms with Crippen LogP contribution in [0.5, 0.6) is 0 Å². The summed E-state index contributed by atoms with van der Waals surface area (Å²) >= 11 is 6.93. The van der Waals surface area contributed by atoms with Crippen molar-refractivity contribution in [2.45, 2.75) is 41.2 Å². The number of benzene rings is 2. The molecule has 2 heterocycles. The Hall–Kier alpha value is -2.76. The third-order valence-corrected chi connectivity index (χ3v) is 6.90. The Labute approximate surface area is 197 Å². The molecule has 4 rings (SSSR count). The van der Waals surface area contributed by atoms with Crippen molar-refractivity contribution in [1.29, 1.82) is 0 Å². The average Bonchev–Trinajstić information content (AvgIpc) is 3.13. The van der Waals surface area contributed by atoms with Crippen molar-refractivity contribution in [2.75, 3.05) is 0 Å². The van der Waals surface area contributed by atoms with Gasteiger partial charge in [0.2, 0.25) is 0 Å². The molecule has 2 aromatic carbocycles. The lowest BCUT2D eigenvalue weighted by Crippen LogP contribution is -2.27. The van der Waals surface area contributed by atoms with Gasteiger partial charge in [-0.15, -0.1) is 0 Å². The number of thioether (sulfide) groups is 1. The number of rotatable bonds is 4. The molecule has 4 nitrogen and oxygen atoms in total. The first kappa shape index (κ1) is 22.4. The number of halogens is 1. The van der Waals surface area contributed by atoms with Gasteiger partial charge in [-0.05, 0) is 92.9 Å². The van der Waals surface area contributed by atoms with Crippen LogP contribution in [0.15, 0.2) is 47.4 Å². The predicted octanol–water partition coefficient (Wildman–Crippen LogP) is 6.91. The molecule has 0 N–H and O–H groups in total. The number of aromatic nitrogens is 1. The Morgan fingerprint density at radius 3 is 2.19 bits per heavy atom. The molecule has 0 aliphatic carbocycles. The molecule has 1 fully saturated rings. The van der Waals surface area contributed by atoms with E-state index in [0.717, 1.165) is 34.3 Å². The Kier molecular flexibility index (Phi) is 6.06. The fourth-order valence-electron chi connectivity index (χ4n) is 4.35. The van der Waals surface area contributed by atoms with Crippen LogP contribution in [0.3, 0.4) is 0 Å². The van der Waals surface area contributed by atoms with E-state index in [9.17, 15) is 9.59 Å². The van der Waals surface area contributed by atoms with E-state index >= 15 is 0 Å². The van der Waals surface area contributed by atoms with Crippen LogP contribution < -0.4 is 0 Å². The Morgan fingerprint density at radius 2 is 1.56 bits per heavy atom. The fourth-order valence-corrected chi connectivity index (χ4v) is 5.31. The van der Waals surface area contributed by atoms with Crippen LogP contribution in [0, 0.1) is 34.6 Å². The zero-order chi connectivity index (χ0) is 23.2. The SMILES string of the molecule is Cc1cc(C)c(-n2c(C)cc(/C=C3/SC(=O)N(Cc4ccc(Cl)cc4)C3=O)c2C)c(C)c1. The summed E-state index contributed by atoms with van der Waals surface area (Å²) in [5.74, 6) is -0.262. The van der Waals surface area contributed by atoms with E-state index in [0.29, 0.717) is 9.93 Å². The highest BCUT2D eigenvalue weighted by Crippen LogP contribution is 2.35. The van der Waals surface area contributed by atoms with E-state index in [2.05, 4.69) is 57.4 Å². The topological polar surface area (TPSA) is 42.3 Å². The monoisotopic (exact) mass is 464 g/mol. The average molecular weight is 465 g/mol. The van der Waals surface area contributed by atoms with Gasteiger partial charge >= 0.3 is 0 Å². The van der Waals surface area contributed by atoms with Crippen LogP contribution in [0.25, 0.3) is 11.8 Å². The molecule has 164 valence electrons. The number of carbonyl (C=O) groups is 2. The molecular weight excluding hydrogens is 440 g/mol. The van der Waals surface area contributed by atoms with Crippen LogP contribution >= 0.6 is 23.4 Å². The largest absolute Gasteiger partial charge is 0.317 e. The van der Waals surface area contributed by atoms with Crippen LogP contribution in [0.2, 0.25) is 5.02 Å². The van der Waals surface area contributed by atoms with Crippen LogP contribution in [-0.4, -0.2) is 20.6 Å². The third-order valence-electron chi connectivity index (χ3n) is 5.74. The minimum absolute atomic E-state index is 0.236. The molecule has 3 aromatic rings. The van der Waals surface area contributed by atoms with Gasteiger partial charge in [-0.25, -0.2) is 0 Å². The number of hydrogen-bond donors (Lipinski definition) is 0. The van der Waals surface area contributed by atoms with E-state index in [1.165, 1.54) is 27.3 Å². The Morgan fingerprint density at radius 1 is 0.938 bits per heavy atom. The highest BCUT2D eigenvalue weighted by molar-refractivity contribution is 8.18. The van der Waals surface area contributed by atoms with Gasteiger partial charge in [-0.3, -0.25) is 14.5 Å². The van der Waals surface area contributed by atoms with Gasteiger partial charge in [0.15, 0.2) is 0 Å². The third kappa shape index (κ3) is 4.15. The van der Waals surface area contributed by atoms with Crippen LogP contribution in [0.1, 0.15) is 39.2 Å². The summed E-state index contributed by atoms with van der Waals surface area (Å²) in [6, 6.07) is 13.6. The fraction of sp³-hybridized carbons (Fsp3) is 0.231. The van der Waals surface area contributed by atoms with Crippen LogP contribution in [0.4, 0.5) is 4.79 Å². The summed E-state index contributed by atoms with van der Waals surface area (Å²) < 4.78 is 2.23. The highest BCUT2D eigenvalue weighted by atomic mass is 35.5. The Balaban J connectivity index is 1.67. The lowest BCUT2D eigenvalue weighted by molar-refractivity contribution is -0.123. The zero-order valence-corrected chi connectivity index (χ0v) is 20.4. The summed E-state index contributed by atoms with van der Waals surface area (Å²) in [4.78, 5) is 27.3. The van der Waals surface area contributed by atoms with Crippen molar-refractivity contribution in [3.8, 4) is 5.69 Å². The van der Waals surface area contributed by atoms with Gasteiger partial charge in [-0.2, -0.15) is 0 Å². The second kappa shape index (κ2) is 8.64. The second-order valence-corrected chi connectivity index (χ2v) is 9.73. The standard InChI is InChI=1S/C26H25ClN2O2S/c1-15-10-16(2)24(17(3)11-15)29-18(4)12-21(19(29)5)13-23-25(30)28(26(31)32-23)14-20-6-8-22(27)9-7-20/h6-13H,14H2,1-5H3/b23-13+. The maximum Gasteiger partial charge on any atom is 0.293 e. The Bertz CT molecular complexity index is 1250. The minimum atomic E-state index is -0.262. The normalized spacial score (nSPS) is 15.3. The summed E-state index contributed by atoms with van der Waals surface area (Å²) in [7, 11) is 0. The maximum atomic E-state index is 13.0. The van der Waals surface area contributed by atoms with Gasteiger partial charge in [-0.1, -0.05) is 41.4 Å². The molecule has 0 bridgehead atoms. The predicted molar refractivity (Wildman–Crippen MR) is 132 cm³/mol. The summed E-state index contributed by atoms with van der Waals surface area (Å²) in [5, 5.41) is 0.368. The van der Waals surface area contributed by atoms with Gasteiger partial charge in [0.25, 0.3) is 11.1 Å². The van der Waals surface area contributed by atoms with E-state index in [1.807, 2.05) is 18.2 Å². The van der Waals surface area contributed by atoms with Crippen molar-refractivity contribution in [3.63, 3.8) is 0 Å². The molecule has 0 atom stereocenters. The molecule has 1 aliphatic heterocycles. The van der Waals surface area contributed by atoms with Gasteiger partial charge in [0.1, 0.15) is 0 Å². The van der Waals surface area contributed by atoms with Crippen molar-refractivity contribution in [2.24, 2.45) is 0 Å². The number of aryl methyl sites for hydroxylation is 4. The van der Waals surface area contributed by atoms with E-state index in [-0.39, 0.29) is 17.7 Å². The number of hydrogen-bond acceptors (Lipinski definition) is 3. The lowest BCUT2D eigenvalue weighted by Gasteiger charge is -2.17. The van der Waals surface area contributed by atoms with Crippen molar-refractivity contribution in [1.82, 2.24) is 9.47 Å². The van der Waals surface area contributed by atoms with Gasteiger partial charge in [0, 0.05) is 16.4 Å². The highest BCUT2D eigenvalue weighted by Gasteiger charge is 2.35. The molecule has 0 unspecified atom stereocenters. The van der Waals surface area contributed by atoms with Gasteiger partial charge in [0.05, 0.1) is 17.1 Å². The molecule has 0 spiro atoms. The van der Waals surface area contributed by atoms with E-state index in [1.54, 1.807) is 12.1 Å². The zero-order valence-electron chi connectivity index (χ0n) is 18.8.